The third-order valence-corrected chi connectivity index (χ3v) is 2.77. The number of carbonyl (C=O) groups is 1. The molecule has 1 rings (SSSR count). The molecule has 0 spiro atoms. The van der Waals surface area contributed by atoms with Crippen LogP contribution in [0, 0.1) is 5.92 Å². The Labute approximate surface area is 119 Å². The van der Waals surface area contributed by atoms with Crippen molar-refractivity contribution in [1.29, 1.82) is 0 Å². The Hall–Kier alpha value is -1.59. The van der Waals surface area contributed by atoms with Crippen LogP contribution in [0.25, 0.3) is 0 Å². The van der Waals surface area contributed by atoms with Gasteiger partial charge in [-0.1, -0.05) is 13.8 Å². The van der Waals surface area contributed by atoms with Crippen molar-refractivity contribution >= 4 is 5.97 Å². The Morgan fingerprint density at radius 1 is 1.30 bits per heavy atom. The molecule has 1 aromatic rings. The molecule has 20 heavy (non-hydrogen) atoms. The zero-order chi connectivity index (χ0) is 15.0. The van der Waals surface area contributed by atoms with E-state index in [0.717, 1.165) is 6.42 Å². The number of rotatable bonds is 9. The molecule has 0 saturated carbocycles. The summed E-state index contributed by atoms with van der Waals surface area (Å²) >= 11 is 0. The monoisotopic (exact) mass is 281 g/mol. The second-order valence-corrected chi connectivity index (χ2v) is 5.17. The summed E-state index contributed by atoms with van der Waals surface area (Å²) in [6, 6.07) is 6.29. The summed E-state index contributed by atoms with van der Waals surface area (Å²) in [7, 11) is 0. The molecule has 0 aromatic heterocycles. The maximum absolute atomic E-state index is 10.7. The van der Waals surface area contributed by atoms with Crippen molar-refractivity contribution < 1.29 is 19.7 Å². The van der Waals surface area contributed by atoms with Crippen LogP contribution < -0.4 is 10.1 Å². The summed E-state index contributed by atoms with van der Waals surface area (Å²) in [4.78, 5) is 10.7. The Kier molecular flexibility index (Phi) is 7.04. The van der Waals surface area contributed by atoms with Gasteiger partial charge in [-0.15, -0.1) is 0 Å². The number of hydrogen-bond donors (Lipinski definition) is 3. The molecule has 0 amide bonds. The third kappa shape index (κ3) is 6.54. The van der Waals surface area contributed by atoms with E-state index < -0.39 is 5.97 Å². The van der Waals surface area contributed by atoms with Crippen LogP contribution in [-0.4, -0.2) is 42.0 Å². The number of ether oxygens (including phenoxy) is 1. The van der Waals surface area contributed by atoms with Crippen LogP contribution in [0.1, 0.15) is 30.6 Å². The van der Waals surface area contributed by atoms with E-state index >= 15 is 0 Å². The molecule has 1 aromatic carbocycles. The molecule has 0 bridgehead atoms. The number of aliphatic hydroxyl groups is 1. The van der Waals surface area contributed by atoms with E-state index in [1.165, 1.54) is 12.1 Å². The first-order valence-electron chi connectivity index (χ1n) is 6.84. The number of benzene rings is 1. The summed E-state index contributed by atoms with van der Waals surface area (Å²) in [5.41, 5.74) is 0.243. The zero-order valence-electron chi connectivity index (χ0n) is 12.0. The summed E-state index contributed by atoms with van der Waals surface area (Å²) in [6.45, 7) is 5.82. The third-order valence-electron chi connectivity index (χ3n) is 2.77. The number of nitrogens with one attached hydrogen (secondary N) is 1. The lowest BCUT2D eigenvalue weighted by Crippen LogP contribution is -2.30. The van der Waals surface area contributed by atoms with Gasteiger partial charge in [0.2, 0.25) is 0 Å². The quantitative estimate of drug-likeness (QED) is 0.601. The fraction of sp³-hybridized carbons (Fsp3) is 0.533. The lowest BCUT2D eigenvalue weighted by atomic mass is 10.1. The van der Waals surface area contributed by atoms with Crippen molar-refractivity contribution in [3.63, 3.8) is 0 Å². The van der Waals surface area contributed by atoms with E-state index in [1.54, 1.807) is 12.1 Å². The van der Waals surface area contributed by atoms with Crippen LogP contribution >= 0.6 is 0 Å². The fourth-order valence-corrected chi connectivity index (χ4v) is 1.83. The van der Waals surface area contributed by atoms with E-state index in [9.17, 15) is 9.90 Å². The molecule has 5 heteroatoms. The first kappa shape index (κ1) is 16.5. The first-order chi connectivity index (χ1) is 9.49. The van der Waals surface area contributed by atoms with E-state index in [4.69, 9.17) is 9.84 Å². The highest BCUT2D eigenvalue weighted by Gasteiger charge is 2.06. The first-order valence-corrected chi connectivity index (χ1v) is 6.84. The molecule has 3 N–H and O–H groups in total. The van der Waals surface area contributed by atoms with Gasteiger partial charge >= 0.3 is 5.97 Å². The fourth-order valence-electron chi connectivity index (χ4n) is 1.83. The molecule has 0 aliphatic carbocycles. The van der Waals surface area contributed by atoms with Crippen molar-refractivity contribution in [3.8, 4) is 5.75 Å². The van der Waals surface area contributed by atoms with Crippen molar-refractivity contribution in [2.24, 2.45) is 5.92 Å². The molecule has 0 aliphatic heterocycles. The number of carboxylic acid groups (broad SMARTS) is 1. The van der Waals surface area contributed by atoms with E-state index in [1.807, 2.05) is 0 Å². The topological polar surface area (TPSA) is 78.8 Å². The lowest BCUT2D eigenvalue weighted by Gasteiger charge is -2.14. The van der Waals surface area contributed by atoms with E-state index in [-0.39, 0.29) is 11.7 Å². The second kappa shape index (κ2) is 8.55. The Morgan fingerprint density at radius 2 is 1.95 bits per heavy atom. The average Bonchev–Trinajstić information content (AvgIpc) is 2.38. The molecule has 0 aliphatic rings. The molecule has 0 heterocycles. The predicted molar refractivity (Wildman–Crippen MR) is 77.2 cm³/mol. The molecule has 0 fully saturated rings. The van der Waals surface area contributed by atoms with Crippen LogP contribution in [0.5, 0.6) is 5.75 Å². The number of aliphatic hydroxyl groups excluding tert-OH is 1. The average molecular weight is 281 g/mol. The van der Waals surface area contributed by atoms with Gasteiger partial charge in [0.15, 0.2) is 0 Å². The summed E-state index contributed by atoms with van der Waals surface area (Å²) < 4.78 is 5.47. The van der Waals surface area contributed by atoms with Gasteiger partial charge < -0.3 is 20.3 Å². The standard InChI is InChI=1S/C15H23NO4/c1-11(2)9-13(17)10-16-7-8-20-14-5-3-12(4-6-14)15(18)19/h3-6,11,13,16-17H,7-10H2,1-2H3,(H,18,19). The number of carboxylic acids is 1. The maximum Gasteiger partial charge on any atom is 0.335 e. The lowest BCUT2D eigenvalue weighted by molar-refractivity contribution is 0.0697. The summed E-state index contributed by atoms with van der Waals surface area (Å²) in [5.74, 6) is 0.174. The highest BCUT2D eigenvalue weighted by molar-refractivity contribution is 5.87. The van der Waals surface area contributed by atoms with E-state index in [0.29, 0.717) is 31.4 Å². The van der Waals surface area contributed by atoms with Crippen LogP contribution in [0.4, 0.5) is 0 Å². The van der Waals surface area contributed by atoms with Crippen molar-refractivity contribution in [2.75, 3.05) is 19.7 Å². The normalized spacial score (nSPS) is 12.4. The number of aromatic carboxylic acids is 1. The molecule has 112 valence electrons. The van der Waals surface area contributed by atoms with Gasteiger partial charge in [0.1, 0.15) is 12.4 Å². The Bertz CT molecular complexity index is 403. The van der Waals surface area contributed by atoms with Gasteiger partial charge in [-0.3, -0.25) is 0 Å². The Morgan fingerprint density at radius 3 is 2.50 bits per heavy atom. The largest absolute Gasteiger partial charge is 0.492 e. The highest BCUT2D eigenvalue weighted by Crippen LogP contribution is 2.11. The van der Waals surface area contributed by atoms with Gasteiger partial charge in [0.05, 0.1) is 11.7 Å². The van der Waals surface area contributed by atoms with Gasteiger partial charge in [-0.05, 0) is 36.6 Å². The van der Waals surface area contributed by atoms with E-state index in [2.05, 4.69) is 19.2 Å². The van der Waals surface area contributed by atoms with Crippen LogP contribution in [0.2, 0.25) is 0 Å². The minimum atomic E-state index is -0.947. The maximum atomic E-state index is 10.7. The SMILES string of the molecule is CC(C)CC(O)CNCCOc1ccc(C(=O)O)cc1. The summed E-state index contributed by atoms with van der Waals surface area (Å²) in [6.07, 6.45) is 0.453. The van der Waals surface area contributed by atoms with Gasteiger partial charge in [0.25, 0.3) is 0 Å². The van der Waals surface area contributed by atoms with Crippen LogP contribution in [-0.2, 0) is 0 Å². The van der Waals surface area contributed by atoms with Crippen molar-refractivity contribution in [3.05, 3.63) is 29.8 Å². The number of hydrogen-bond acceptors (Lipinski definition) is 4. The van der Waals surface area contributed by atoms with Gasteiger partial charge in [-0.25, -0.2) is 4.79 Å². The minimum Gasteiger partial charge on any atom is -0.492 e. The van der Waals surface area contributed by atoms with Crippen LogP contribution in [0.15, 0.2) is 24.3 Å². The summed E-state index contributed by atoms with van der Waals surface area (Å²) in [5, 5.41) is 21.5. The minimum absolute atomic E-state index is 0.243. The predicted octanol–water partition coefficient (Wildman–Crippen LogP) is 1.76. The van der Waals surface area contributed by atoms with Gasteiger partial charge in [-0.2, -0.15) is 0 Å². The highest BCUT2D eigenvalue weighted by atomic mass is 16.5. The molecular formula is C15H23NO4. The molecule has 0 saturated heterocycles. The molecular weight excluding hydrogens is 258 g/mol. The van der Waals surface area contributed by atoms with Crippen molar-refractivity contribution in [2.45, 2.75) is 26.4 Å². The smallest absolute Gasteiger partial charge is 0.335 e. The van der Waals surface area contributed by atoms with Gasteiger partial charge in [0, 0.05) is 13.1 Å². The molecule has 1 atom stereocenters. The molecule has 5 nitrogen and oxygen atoms in total. The van der Waals surface area contributed by atoms with Crippen molar-refractivity contribution in [1.82, 2.24) is 5.32 Å². The second-order valence-electron chi connectivity index (χ2n) is 5.17. The molecule has 1 unspecified atom stereocenters. The molecule has 0 radical (unpaired) electrons. The zero-order valence-corrected chi connectivity index (χ0v) is 12.0. The van der Waals surface area contributed by atoms with Crippen LogP contribution in [0.3, 0.4) is 0 Å². The Balaban J connectivity index is 2.16.